The fourth-order valence-corrected chi connectivity index (χ4v) is 1.92. The van der Waals surface area contributed by atoms with E-state index in [1.807, 2.05) is 24.3 Å². The number of rotatable bonds is 2. The van der Waals surface area contributed by atoms with Crippen LogP contribution in [0.15, 0.2) is 24.3 Å². The summed E-state index contributed by atoms with van der Waals surface area (Å²) >= 11 is 0. The highest BCUT2D eigenvalue weighted by molar-refractivity contribution is 5.84. The second-order valence-corrected chi connectivity index (χ2v) is 5.46. The summed E-state index contributed by atoms with van der Waals surface area (Å²) in [5, 5.41) is 10.5. The van der Waals surface area contributed by atoms with Crippen LogP contribution in [0.1, 0.15) is 32.0 Å². The number of hydrogen-bond donors (Lipinski definition) is 1. The minimum absolute atomic E-state index is 0.00919. The zero-order valence-electron chi connectivity index (χ0n) is 11.3. The number of hydrogen-bond acceptors (Lipinski definition) is 3. The van der Waals surface area contributed by atoms with Gasteiger partial charge in [0.15, 0.2) is 0 Å². The standard InChI is InChI=1S/C15H19NO2/c1-15(2,3)14-7-10(9-17)12-8-11(18-4)5-6-13(12)16-14/h5-8,17H,9H2,1-4H3. The summed E-state index contributed by atoms with van der Waals surface area (Å²) in [7, 11) is 1.64. The van der Waals surface area contributed by atoms with Crippen LogP contribution in [0.25, 0.3) is 10.9 Å². The maximum atomic E-state index is 9.52. The summed E-state index contributed by atoms with van der Waals surface area (Å²) in [4.78, 5) is 4.66. The average molecular weight is 245 g/mol. The highest BCUT2D eigenvalue weighted by atomic mass is 16.5. The van der Waals surface area contributed by atoms with Gasteiger partial charge in [-0.1, -0.05) is 20.8 Å². The van der Waals surface area contributed by atoms with Crippen LogP contribution in [0.4, 0.5) is 0 Å². The molecule has 3 heteroatoms. The van der Waals surface area contributed by atoms with E-state index in [-0.39, 0.29) is 12.0 Å². The fraction of sp³-hybridized carbons (Fsp3) is 0.400. The second-order valence-electron chi connectivity index (χ2n) is 5.46. The summed E-state index contributed by atoms with van der Waals surface area (Å²) < 4.78 is 5.21. The first-order valence-corrected chi connectivity index (χ1v) is 6.04. The van der Waals surface area contributed by atoms with E-state index < -0.39 is 0 Å². The van der Waals surface area contributed by atoms with Crippen molar-refractivity contribution in [3.63, 3.8) is 0 Å². The van der Waals surface area contributed by atoms with E-state index >= 15 is 0 Å². The lowest BCUT2D eigenvalue weighted by molar-refractivity contribution is 0.283. The summed E-state index contributed by atoms with van der Waals surface area (Å²) in [6, 6.07) is 7.72. The molecule has 0 bridgehead atoms. The van der Waals surface area contributed by atoms with Crippen LogP contribution in [0.3, 0.4) is 0 Å². The van der Waals surface area contributed by atoms with Crippen LogP contribution in [-0.2, 0) is 12.0 Å². The van der Waals surface area contributed by atoms with Gasteiger partial charge in [-0.3, -0.25) is 4.98 Å². The van der Waals surface area contributed by atoms with Crippen LogP contribution < -0.4 is 4.74 Å². The largest absolute Gasteiger partial charge is 0.497 e. The monoisotopic (exact) mass is 245 g/mol. The lowest BCUT2D eigenvalue weighted by Gasteiger charge is -2.19. The Morgan fingerprint density at radius 3 is 2.50 bits per heavy atom. The molecule has 96 valence electrons. The third kappa shape index (κ3) is 2.31. The number of ether oxygens (including phenoxy) is 1. The number of benzene rings is 1. The van der Waals surface area contributed by atoms with Crippen molar-refractivity contribution >= 4 is 10.9 Å². The van der Waals surface area contributed by atoms with Gasteiger partial charge < -0.3 is 9.84 Å². The second kappa shape index (κ2) is 4.58. The van der Waals surface area contributed by atoms with Gasteiger partial charge in [-0.25, -0.2) is 0 Å². The van der Waals surface area contributed by atoms with Gasteiger partial charge in [0, 0.05) is 16.5 Å². The smallest absolute Gasteiger partial charge is 0.119 e. The van der Waals surface area contributed by atoms with Crippen LogP contribution in [0, 0.1) is 0 Å². The minimum atomic E-state index is -0.0297. The lowest BCUT2D eigenvalue weighted by atomic mass is 9.90. The Bertz CT molecular complexity index is 570. The van der Waals surface area contributed by atoms with Crippen molar-refractivity contribution in [2.24, 2.45) is 0 Å². The summed E-state index contributed by atoms with van der Waals surface area (Å²) in [6.07, 6.45) is 0. The van der Waals surface area contributed by atoms with E-state index in [0.29, 0.717) is 0 Å². The molecule has 3 nitrogen and oxygen atoms in total. The van der Waals surface area contributed by atoms with Crippen molar-refractivity contribution in [3.05, 3.63) is 35.5 Å². The van der Waals surface area contributed by atoms with E-state index in [1.54, 1.807) is 7.11 Å². The molecule has 1 heterocycles. The molecule has 1 aromatic heterocycles. The van der Waals surface area contributed by atoms with E-state index in [0.717, 1.165) is 27.9 Å². The van der Waals surface area contributed by atoms with Crippen molar-refractivity contribution in [2.75, 3.05) is 7.11 Å². The van der Waals surface area contributed by atoms with Crippen molar-refractivity contribution in [1.29, 1.82) is 0 Å². The quantitative estimate of drug-likeness (QED) is 0.884. The summed E-state index contributed by atoms with van der Waals surface area (Å²) in [5.74, 6) is 0.780. The van der Waals surface area contributed by atoms with Gasteiger partial charge in [-0.15, -0.1) is 0 Å². The molecule has 1 N–H and O–H groups in total. The Morgan fingerprint density at radius 1 is 1.22 bits per heavy atom. The number of pyridine rings is 1. The summed E-state index contributed by atoms with van der Waals surface area (Å²) in [5.41, 5.74) is 2.75. The third-order valence-electron chi connectivity index (χ3n) is 3.04. The van der Waals surface area contributed by atoms with Crippen LogP contribution in [0.5, 0.6) is 5.75 Å². The van der Waals surface area contributed by atoms with E-state index in [1.165, 1.54) is 0 Å². The van der Waals surface area contributed by atoms with Crippen LogP contribution in [0.2, 0.25) is 0 Å². The Morgan fingerprint density at radius 2 is 1.94 bits per heavy atom. The molecule has 0 saturated heterocycles. The number of nitrogens with zero attached hydrogens (tertiary/aromatic N) is 1. The van der Waals surface area contributed by atoms with Gasteiger partial charge >= 0.3 is 0 Å². The molecule has 18 heavy (non-hydrogen) atoms. The van der Waals surface area contributed by atoms with Gasteiger partial charge in [-0.05, 0) is 29.8 Å². The van der Waals surface area contributed by atoms with Gasteiger partial charge in [-0.2, -0.15) is 0 Å². The lowest BCUT2D eigenvalue weighted by Crippen LogP contribution is -2.14. The zero-order valence-corrected chi connectivity index (χ0v) is 11.3. The first kappa shape index (κ1) is 12.8. The van der Waals surface area contributed by atoms with Gasteiger partial charge in [0.05, 0.1) is 19.2 Å². The first-order chi connectivity index (χ1) is 8.45. The van der Waals surface area contributed by atoms with Crippen molar-refractivity contribution in [2.45, 2.75) is 32.8 Å². The van der Waals surface area contributed by atoms with Crippen molar-refractivity contribution < 1.29 is 9.84 Å². The van der Waals surface area contributed by atoms with E-state index in [2.05, 4.69) is 25.8 Å². The third-order valence-corrected chi connectivity index (χ3v) is 3.04. The molecule has 0 aliphatic rings. The van der Waals surface area contributed by atoms with Crippen LogP contribution in [-0.4, -0.2) is 17.2 Å². The molecule has 0 aliphatic carbocycles. The molecular formula is C15H19NO2. The predicted octanol–water partition coefficient (Wildman–Crippen LogP) is 3.03. The Kier molecular flexibility index (Phi) is 3.26. The maximum Gasteiger partial charge on any atom is 0.119 e. The molecule has 0 amide bonds. The molecule has 0 radical (unpaired) electrons. The van der Waals surface area contributed by atoms with Crippen molar-refractivity contribution in [3.8, 4) is 5.75 Å². The highest BCUT2D eigenvalue weighted by Crippen LogP contribution is 2.28. The molecule has 0 atom stereocenters. The molecule has 0 spiro atoms. The average Bonchev–Trinajstić information content (AvgIpc) is 2.35. The number of aliphatic hydroxyl groups excluding tert-OH is 1. The molecular weight excluding hydrogens is 226 g/mol. The minimum Gasteiger partial charge on any atom is -0.497 e. The molecule has 0 aliphatic heterocycles. The van der Waals surface area contributed by atoms with E-state index in [4.69, 9.17) is 4.74 Å². The van der Waals surface area contributed by atoms with Crippen LogP contribution >= 0.6 is 0 Å². The number of fused-ring (bicyclic) bond motifs is 1. The fourth-order valence-electron chi connectivity index (χ4n) is 1.92. The maximum absolute atomic E-state index is 9.52. The van der Waals surface area contributed by atoms with Gasteiger partial charge in [0.2, 0.25) is 0 Å². The van der Waals surface area contributed by atoms with E-state index in [9.17, 15) is 5.11 Å². The topological polar surface area (TPSA) is 42.4 Å². The Balaban J connectivity index is 2.71. The Labute approximate surface area is 107 Å². The normalized spacial score (nSPS) is 11.8. The molecule has 0 saturated carbocycles. The molecule has 2 rings (SSSR count). The highest BCUT2D eigenvalue weighted by Gasteiger charge is 2.17. The predicted molar refractivity (Wildman–Crippen MR) is 72.9 cm³/mol. The SMILES string of the molecule is COc1ccc2nc(C(C)(C)C)cc(CO)c2c1. The molecule has 2 aromatic rings. The number of aromatic nitrogens is 1. The Hall–Kier alpha value is -1.61. The van der Waals surface area contributed by atoms with Crippen molar-refractivity contribution in [1.82, 2.24) is 4.98 Å². The number of methoxy groups -OCH3 is 1. The zero-order chi connectivity index (χ0) is 13.3. The summed E-state index contributed by atoms with van der Waals surface area (Å²) in [6.45, 7) is 6.36. The van der Waals surface area contributed by atoms with Gasteiger partial charge in [0.25, 0.3) is 0 Å². The first-order valence-electron chi connectivity index (χ1n) is 6.04. The molecule has 1 aromatic carbocycles. The molecule has 0 unspecified atom stereocenters. The molecule has 0 fully saturated rings. The number of aliphatic hydroxyl groups is 1. The van der Waals surface area contributed by atoms with Gasteiger partial charge in [0.1, 0.15) is 5.75 Å².